The van der Waals surface area contributed by atoms with Crippen molar-refractivity contribution in [2.75, 3.05) is 18.2 Å². The highest BCUT2D eigenvalue weighted by molar-refractivity contribution is 6.21. The summed E-state index contributed by atoms with van der Waals surface area (Å²) >= 11 is 0. The SMILES string of the molecule is CCOc1ccc(N(CN2C(=O)c3ccccc3C2=O)C(=O)/C=C\c2ccccc2)cc1. The van der Waals surface area contributed by atoms with E-state index in [0.29, 0.717) is 29.2 Å². The fraction of sp³-hybridized carbons (Fsp3) is 0.115. The maximum absolute atomic E-state index is 13.2. The summed E-state index contributed by atoms with van der Waals surface area (Å²) in [6, 6.07) is 23.1. The zero-order valence-corrected chi connectivity index (χ0v) is 17.6. The van der Waals surface area contributed by atoms with Gasteiger partial charge < -0.3 is 4.74 Å². The van der Waals surface area contributed by atoms with Crippen LogP contribution < -0.4 is 9.64 Å². The van der Waals surface area contributed by atoms with Crippen molar-refractivity contribution in [1.29, 1.82) is 0 Å². The Morgan fingerprint density at radius 3 is 2.06 bits per heavy atom. The van der Waals surface area contributed by atoms with Gasteiger partial charge in [-0.3, -0.25) is 24.2 Å². The molecule has 3 aromatic carbocycles. The Morgan fingerprint density at radius 2 is 1.47 bits per heavy atom. The van der Waals surface area contributed by atoms with Crippen molar-refractivity contribution in [3.63, 3.8) is 0 Å². The summed E-state index contributed by atoms with van der Waals surface area (Å²) in [6.07, 6.45) is 3.14. The molecule has 0 radical (unpaired) electrons. The van der Waals surface area contributed by atoms with Crippen molar-refractivity contribution in [3.8, 4) is 5.75 Å². The summed E-state index contributed by atoms with van der Waals surface area (Å²) in [5.74, 6) is -0.512. The summed E-state index contributed by atoms with van der Waals surface area (Å²) in [5.41, 5.74) is 2.11. The molecule has 0 fully saturated rings. The molecule has 1 aliphatic rings. The average molecular weight is 426 g/mol. The standard InChI is InChI=1S/C26H22N2O4/c1-2-32-21-15-13-20(14-16-21)27(24(29)17-12-19-8-4-3-5-9-19)18-28-25(30)22-10-6-7-11-23(22)26(28)31/h3-17H,2,18H2,1H3/b17-12-. The van der Waals surface area contributed by atoms with Crippen LogP contribution in [0.2, 0.25) is 0 Å². The Bertz CT molecular complexity index is 1130. The Kier molecular flexibility index (Phi) is 6.12. The molecule has 0 saturated heterocycles. The van der Waals surface area contributed by atoms with Gasteiger partial charge in [0.2, 0.25) is 0 Å². The van der Waals surface area contributed by atoms with Gasteiger partial charge in [-0.1, -0.05) is 42.5 Å². The second kappa shape index (κ2) is 9.31. The van der Waals surface area contributed by atoms with Crippen molar-refractivity contribution in [2.45, 2.75) is 6.92 Å². The molecule has 1 heterocycles. The van der Waals surface area contributed by atoms with Gasteiger partial charge in [0.25, 0.3) is 17.7 Å². The molecule has 0 N–H and O–H groups in total. The van der Waals surface area contributed by atoms with Crippen LogP contribution in [-0.2, 0) is 4.79 Å². The van der Waals surface area contributed by atoms with E-state index in [1.54, 1.807) is 54.6 Å². The predicted molar refractivity (Wildman–Crippen MR) is 122 cm³/mol. The van der Waals surface area contributed by atoms with Crippen LogP contribution in [0.25, 0.3) is 6.08 Å². The highest BCUT2D eigenvalue weighted by Crippen LogP contribution is 2.26. The van der Waals surface area contributed by atoms with Gasteiger partial charge in [0.1, 0.15) is 12.4 Å². The van der Waals surface area contributed by atoms with Crippen LogP contribution in [-0.4, -0.2) is 35.9 Å². The number of benzene rings is 3. The molecule has 0 aromatic heterocycles. The summed E-state index contributed by atoms with van der Waals surface area (Å²) < 4.78 is 5.48. The monoisotopic (exact) mass is 426 g/mol. The van der Waals surface area contributed by atoms with E-state index in [4.69, 9.17) is 4.74 Å². The van der Waals surface area contributed by atoms with Gasteiger partial charge in [-0.15, -0.1) is 0 Å². The number of ether oxygens (including phenoxy) is 1. The number of carbonyl (C=O) groups excluding carboxylic acids is 3. The van der Waals surface area contributed by atoms with Crippen molar-refractivity contribution >= 4 is 29.5 Å². The molecule has 0 atom stereocenters. The minimum Gasteiger partial charge on any atom is -0.494 e. The van der Waals surface area contributed by atoms with E-state index in [-0.39, 0.29) is 12.6 Å². The van der Waals surface area contributed by atoms with Gasteiger partial charge in [-0.05, 0) is 55.0 Å². The Balaban J connectivity index is 1.63. The number of nitrogens with zero attached hydrogens (tertiary/aromatic N) is 2. The summed E-state index contributed by atoms with van der Waals surface area (Å²) in [6.45, 7) is 2.22. The van der Waals surface area contributed by atoms with Crippen LogP contribution in [0.5, 0.6) is 5.75 Å². The molecule has 0 saturated carbocycles. The van der Waals surface area contributed by atoms with E-state index in [2.05, 4.69) is 0 Å². The smallest absolute Gasteiger partial charge is 0.263 e. The number of anilines is 1. The molecule has 0 unspecified atom stereocenters. The molecule has 0 aliphatic carbocycles. The third-order valence-corrected chi connectivity index (χ3v) is 5.10. The normalized spacial score (nSPS) is 12.8. The predicted octanol–water partition coefficient (Wildman–Crippen LogP) is 4.39. The van der Waals surface area contributed by atoms with Gasteiger partial charge in [0.05, 0.1) is 17.7 Å². The molecule has 6 heteroatoms. The first-order chi connectivity index (χ1) is 15.6. The molecule has 1 aliphatic heterocycles. The summed E-state index contributed by atoms with van der Waals surface area (Å²) in [5, 5.41) is 0. The number of rotatable bonds is 7. The van der Waals surface area contributed by atoms with Crippen LogP contribution in [0.1, 0.15) is 33.2 Å². The van der Waals surface area contributed by atoms with E-state index in [1.165, 1.54) is 11.0 Å². The lowest BCUT2D eigenvalue weighted by molar-refractivity contribution is -0.114. The molecular weight excluding hydrogens is 404 g/mol. The second-order valence-corrected chi connectivity index (χ2v) is 7.16. The summed E-state index contributed by atoms with van der Waals surface area (Å²) in [7, 11) is 0. The number of carbonyl (C=O) groups is 3. The van der Waals surface area contributed by atoms with E-state index in [9.17, 15) is 14.4 Å². The minimum absolute atomic E-state index is 0.196. The Labute approximate surface area is 186 Å². The number of hydrogen-bond donors (Lipinski definition) is 0. The third kappa shape index (κ3) is 4.30. The first kappa shape index (κ1) is 21.1. The van der Waals surface area contributed by atoms with Gasteiger partial charge in [-0.2, -0.15) is 0 Å². The molecule has 0 bridgehead atoms. The van der Waals surface area contributed by atoms with E-state index in [1.807, 2.05) is 37.3 Å². The van der Waals surface area contributed by atoms with Crippen molar-refractivity contribution in [2.24, 2.45) is 0 Å². The lowest BCUT2D eigenvalue weighted by Gasteiger charge is -2.26. The fourth-order valence-corrected chi connectivity index (χ4v) is 3.50. The number of hydrogen-bond acceptors (Lipinski definition) is 4. The molecule has 3 amide bonds. The van der Waals surface area contributed by atoms with Crippen molar-refractivity contribution in [1.82, 2.24) is 4.90 Å². The van der Waals surface area contributed by atoms with Crippen LogP contribution in [0.15, 0.2) is 84.9 Å². The van der Waals surface area contributed by atoms with Crippen molar-refractivity contribution in [3.05, 3.63) is 102 Å². The fourth-order valence-electron chi connectivity index (χ4n) is 3.50. The number of fused-ring (bicyclic) bond motifs is 1. The number of amides is 3. The zero-order chi connectivity index (χ0) is 22.5. The lowest BCUT2D eigenvalue weighted by Crippen LogP contribution is -2.43. The molecule has 3 aromatic rings. The van der Waals surface area contributed by atoms with Crippen LogP contribution in [0.4, 0.5) is 5.69 Å². The largest absolute Gasteiger partial charge is 0.494 e. The van der Waals surface area contributed by atoms with Crippen LogP contribution in [0, 0.1) is 0 Å². The Hall–Kier alpha value is -4.19. The van der Waals surface area contributed by atoms with Gasteiger partial charge in [0.15, 0.2) is 0 Å². The minimum atomic E-state index is -0.415. The van der Waals surface area contributed by atoms with Gasteiger partial charge in [0, 0.05) is 11.8 Å². The number of imide groups is 1. The average Bonchev–Trinajstić information content (AvgIpc) is 3.07. The summed E-state index contributed by atoms with van der Waals surface area (Å²) in [4.78, 5) is 41.3. The zero-order valence-electron chi connectivity index (χ0n) is 17.6. The maximum Gasteiger partial charge on any atom is 0.263 e. The quantitative estimate of drug-likeness (QED) is 0.415. The van der Waals surface area contributed by atoms with E-state index in [0.717, 1.165) is 10.5 Å². The first-order valence-corrected chi connectivity index (χ1v) is 10.3. The second-order valence-electron chi connectivity index (χ2n) is 7.16. The van der Waals surface area contributed by atoms with Crippen LogP contribution >= 0.6 is 0 Å². The molecule has 6 nitrogen and oxygen atoms in total. The highest BCUT2D eigenvalue weighted by Gasteiger charge is 2.36. The van der Waals surface area contributed by atoms with Gasteiger partial charge >= 0.3 is 0 Å². The van der Waals surface area contributed by atoms with Crippen LogP contribution in [0.3, 0.4) is 0 Å². The van der Waals surface area contributed by atoms with Crippen molar-refractivity contribution < 1.29 is 19.1 Å². The first-order valence-electron chi connectivity index (χ1n) is 10.3. The van der Waals surface area contributed by atoms with E-state index >= 15 is 0 Å². The molecule has 160 valence electrons. The molecular formula is C26H22N2O4. The van der Waals surface area contributed by atoms with Gasteiger partial charge in [-0.25, -0.2) is 0 Å². The molecule has 4 rings (SSSR count). The maximum atomic E-state index is 13.2. The lowest BCUT2D eigenvalue weighted by atomic mass is 10.1. The van der Waals surface area contributed by atoms with E-state index < -0.39 is 11.8 Å². The molecule has 32 heavy (non-hydrogen) atoms. The third-order valence-electron chi connectivity index (χ3n) is 5.10. The Morgan fingerprint density at radius 1 is 0.875 bits per heavy atom. The topological polar surface area (TPSA) is 66.9 Å². The molecule has 0 spiro atoms. The highest BCUT2D eigenvalue weighted by atomic mass is 16.5.